The summed E-state index contributed by atoms with van der Waals surface area (Å²) in [6.07, 6.45) is 2.14. The van der Waals surface area contributed by atoms with Crippen LogP contribution in [0.2, 0.25) is 5.02 Å². The molecule has 0 unspecified atom stereocenters. The molecule has 11 nitrogen and oxygen atoms in total. The minimum Gasteiger partial charge on any atom is -0.479 e. The molecule has 0 spiro atoms. The number of benzene rings is 1. The quantitative estimate of drug-likeness (QED) is 0.371. The minimum absolute atomic E-state index is 0.225. The summed E-state index contributed by atoms with van der Waals surface area (Å²) in [5.74, 6) is 1.53. The molecule has 3 aromatic rings. The monoisotopic (exact) mass is 491 g/mol. The van der Waals surface area contributed by atoms with Crippen LogP contribution >= 0.6 is 11.6 Å². The summed E-state index contributed by atoms with van der Waals surface area (Å²) in [7, 11) is -1.97. The number of β-amino-alcohol motifs (C(OH)–C–C–N with tert-alkyl or cyclic N) is 1. The molecule has 1 aliphatic heterocycles. The number of aromatic nitrogens is 3. The number of aliphatic hydroxyl groups excluding tert-OH is 1. The van der Waals surface area contributed by atoms with E-state index in [0.717, 1.165) is 6.26 Å². The summed E-state index contributed by atoms with van der Waals surface area (Å²) in [5.41, 5.74) is 1.35. The van der Waals surface area contributed by atoms with Crippen molar-refractivity contribution in [2.45, 2.75) is 6.10 Å². The summed E-state index contributed by atoms with van der Waals surface area (Å²) >= 11 is 6.27. The van der Waals surface area contributed by atoms with Crippen LogP contribution in [0, 0.1) is 0 Å². The Morgan fingerprint density at radius 3 is 2.48 bits per heavy atom. The van der Waals surface area contributed by atoms with Crippen LogP contribution in [0.25, 0.3) is 0 Å². The summed E-state index contributed by atoms with van der Waals surface area (Å²) in [4.78, 5) is 15.0. The topological polar surface area (TPSA) is 142 Å². The van der Waals surface area contributed by atoms with Gasteiger partial charge in [-0.1, -0.05) is 23.7 Å². The van der Waals surface area contributed by atoms with Crippen molar-refractivity contribution >= 4 is 56.3 Å². The average molecular weight is 492 g/mol. The fraction of sp³-hybridized carbons (Fsp3) is 0.250. The van der Waals surface area contributed by atoms with Gasteiger partial charge in [0.2, 0.25) is 21.9 Å². The van der Waals surface area contributed by atoms with Crippen molar-refractivity contribution < 1.29 is 18.3 Å². The van der Waals surface area contributed by atoms with Gasteiger partial charge >= 0.3 is 0 Å². The summed E-state index contributed by atoms with van der Waals surface area (Å²) < 4.78 is 31.2. The highest BCUT2D eigenvalue weighted by atomic mass is 35.5. The third-order valence-electron chi connectivity index (χ3n) is 4.69. The number of rotatable bonds is 8. The van der Waals surface area contributed by atoms with Crippen LogP contribution in [0.4, 0.5) is 34.6 Å². The Morgan fingerprint density at radius 2 is 1.82 bits per heavy atom. The second-order valence-corrected chi connectivity index (χ2v) is 9.50. The lowest BCUT2D eigenvalue weighted by atomic mass is 10.2. The number of hydrogen-bond acceptors (Lipinski definition) is 10. The molecule has 0 amide bonds. The van der Waals surface area contributed by atoms with E-state index in [1.165, 1.54) is 13.3 Å². The molecular weight excluding hydrogens is 470 g/mol. The average Bonchev–Trinajstić information content (AvgIpc) is 2.74. The fourth-order valence-corrected chi connectivity index (χ4v) is 3.86. The predicted octanol–water partition coefficient (Wildman–Crippen LogP) is 2.57. The highest BCUT2D eigenvalue weighted by molar-refractivity contribution is 7.92. The highest BCUT2D eigenvalue weighted by Gasteiger charge is 2.26. The van der Waals surface area contributed by atoms with E-state index in [4.69, 9.17) is 16.3 Å². The maximum Gasteiger partial charge on any atom is 0.239 e. The van der Waals surface area contributed by atoms with Crippen LogP contribution < -0.4 is 25.0 Å². The molecular formula is C20H22ClN7O4S. The highest BCUT2D eigenvalue weighted by Crippen LogP contribution is 2.32. The van der Waals surface area contributed by atoms with Crippen molar-refractivity contribution in [3.8, 4) is 5.88 Å². The number of nitrogens with zero attached hydrogens (tertiary/aromatic N) is 4. The Labute approximate surface area is 195 Å². The van der Waals surface area contributed by atoms with Gasteiger partial charge in [0.1, 0.15) is 16.5 Å². The Kier molecular flexibility index (Phi) is 6.40. The van der Waals surface area contributed by atoms with E-state index in [1.54, 1.807) is 36.4 Å². The zero-order valence-electron chi connectivity index (χ0n) is 17.8. The second kappa shape index (κ2) is 9.25. The first kappa shape index (κ1) is 22.8. The van der Waals surface area contributed by atoms with Gasteiger partial charge in [0.05, 0.1) is 37.0 Å². The Hall–Kier alpha value is -3.35. The fourth-order valence-electron chi connectivity index (χ4n) is 3.14. The van der Waals surface area contributed by atoms with Gasteiger partial charge in [0.25, 0.3) is 0 Å². The van der Waals surface area contributed by atoms with Crippen LogP contribution in [-0.2, 0) is 10.0 Å². The first-order valence-electron chi connectivity index (χ1n) is 9.83. The summed E-state index contributed by atoms with van der Waals surface area (Å²) in [5, 5.41) is 15.8. The Balaban J connectivity index is 1.56. The number of nitrogens with one attached hydrogen (secondary N) is 3. The molecule has 1 saturated heterocycles. The van der Waals surface area contributed by atoms with Gasteiger partial charge in [-0.2, -0.15) is 9.97 Å². The van der Waals surface area contributed by atoms with Gasteiger partial charge in [-0.3, -0.25) is 4.72 Å². The van der Waals surface area contributed by atoms with E-state index >= 15 is 0 Å². The van der Waals surface area contributed by atoms with Crippen LogP contribution in [0.1, 0.15) is 0 Å². The molecule has 3 heterocycles. The lowest BCUT2D eigenvalue weighted by Crippen LogP contribution is -2.51. The van der Waals surface area contributed by atoms with Crippen molar-refractivity contribution in [1.29, 1.82) is 0 Å². The van der Waals surface area contributed by atoms with Crippen LogP contribution in [0.15, 0.2) is 42.6 Å². The normalized spacial score (nSPS) is 13.9. The van der Waals surface area contributed by atoms with Gasteiger partial charge < -0.3 is 25.4 Å². The summed E-state index contributed by atoms with van der Waals surface area (Å²) in [6, 6.07) is 10.3. The Bertz CT molecular complexity index is 1270. The molecule has 1 aromatic carbocycles. The van der Waals surface area contributed by atoms with Crippen LogP contribution in [0.3, 0.4) is 0 Å². The molecule has 0 saturated carbocycles. The molecule has 0 atom stereocenters. The maximum atomic E-state index is 11.7. The van der Waals surface area contributed by atoms with Crippen molar-refractivity contribution in [1.82, 2.24) is 15.0 Å². The third-order valence-corrected chi connectivity index (χ3v) is 5.56. The van der Waals surface area contributed by atoms with Gasteiger partial charge in [-0.25, -0.2) is 13.4 Å². The van der Waals surface area contributed by atoms with E-state index in [0.29, 0.717) is 41.8 Å². The number of ether oxygens (including phenoxy) is 1. The molecule has 0 radical (unpaired) electrons. The van der Waals surface area contributed by atoms with E-state index in [-0.39, 0.29) is 22.9 Å². The predicted molar refractivity (Wildman–Crippen MR) is 128 cm³/mol. The number of sulfonamides is 1. The first-order valence-corrected chi connectivity index (χ1v) is 12.1. The minimum atomic E-state index is -3.48. The molecule has 33 heavy (non-hydrogen) atoms. The van der Waals surface area contributed by atoms with Crippen molar-refractivity contribution in [3.05, 3.63) is 47.6 Å². The standard InChI is InChI=1S/C20H22ClN7O4S/c1-32-19-16(7-8-17(25-19)28-10-12(29)11-28)24-20-22-9-13(21)18(26-20)23-14-5-3-4-6-15(14)27-33(2,30)31/h3-9,12,27,29H,10-11H2,1-2H3,(H2,22,23,24,26). The zero-order chi connectivity index (χ0) is 23.6. The zero-order valence-corrected chi connectivity index (χ0v) is 19.4. The lowest BCUT2D eigenvalue weighted by Gasteiger charge is -2.36. The van der Waals surface area contributed by atoms with Crippen LogP contribution in [0.5, 0.6) is 5.88 Å². The SMILES string of the molecule is COc1nc(N2CC(O)C2)ccc1Nc1ncc(Cl)c(Nc2ccccc2NS(C)(=O)=O)n1. The number of methoxy groups -OCH3 is 1. The number of hydrogen-bond donors (Lipinski definition) is 4. The largest absolute Gasteiger partial charge is 0.479 e. The molecule has 2 aromatic heterocycles. The number of aliphatic hydroxyl groups is 1. The second-order valence-electron chi connectivity index (χ2n) is 7.35. The van der Waals surface area contributed by atoms with Crippen molar-refractivity contribution in [2.75, 3.05) is 46.7 Å². The molecule has 4 N–H and O–H groups in total. The number of halogens is 1. The number of pyridine rings is 1. The van der Waals surface area contributed by atoms with Gasteiger partial charge in [0.15, 0.2) is 5.82 Å². The van der Waals surface area contributed by atoms with E-state index in [1.807, 2.05) is 4.90 Å². The first-order chi connectivity index (χ1) is 15.7. The molecule has 174 valence electrons. The van der Waals surface area contributed by atoms with Gasteiger partial charge in [0, 0.05) is 13.1 Å². The molecule has 0 bridgehead atoms. The van der Waals surface area contributed by atoms with Gasteiger partial charge in [-0.15, -0.1) is 0 Å². The Morgan fingerprint density at radius 1 is 1.09 bits per heavy atom. The molecule has 13 heteroatoms. The van der Waals surface area contributed by atoms with Crippen molar-refractivity contribution in [2.24, 2.45) is 0 Å². The van der Waals surface area contributed by atoms with Crippen molar-refractivity contribution in [3.63, 3.8) is 0 Å². The smallest absolute Gasteiger partial charge is 0.239 e. The number of anilines is 6. The molecule has 4 rings (SSSR count). The molecule has 0 aliphatic carbocycles. The van der Waals surface area contributed by atoms with E-state index < -0.39 is 10.0 Å². The maximum absolute atomic E-state index is 11.7. The van der Waals surface area contributed by atoms with Crippen LogP contribution in [-0.4, -0.2) is 61.0 Å². The molecule has 1 aliphatic rings. The third kappa shape index (κ3) is 5.53. The van der Waals surface area contributed by atoms with E-state index in [9.17, 15) is 13.5 Å². The lowest BCUT2D eigenvalue weighted by molar-refractivity contribution is 0.141. The van der Waals surface area contributed by atoms with Gasteiger partial charge in [-0.05, 0) is 24.3 Å². The van der Waals surface area contributed by atoms with E-state index in [2.05, 4.69) is 30.3 Å². The molecule has 1 fully saturated rings. The number of para-hydroxylation sites is 2. The summed E-state index contributed by atoms with van der Waals surface area (Å²) in [6.45, 7) is 1.04.